The first kappa shape index (κ1) is 21.6. The Morgan fingerprint density at radius 1 is 1.11 bits per heavy atom. The Labute approximate surface area is 167 Å². The van der Waals surface area contributed by atoms with Crippen LogP contribution < -0.4 is 5.43 Å². The van der Waals surface area contributed by atoms with Crippen LogP contribution in [-0.2, 0) is 17.3 Å². The number of carbonyl (C=O) groups excluding carboxylic acids is 1. The van der Waals surface area contributed by atoms with Gasteiger partial charge in [-0.3, -0.25) is 9.78 Å². The Bertz CT molecular complexity index is 835. The lowest BCUT2D eigenvalue weighted by Gasteiger charge is -2.27. The first-order valence-corrected chi connectivity index (χ1v) is 9.59. The van der Waals surface area contributed by atoms with Crippen LogP contribution in [0.15, 0.2) is 35.6 Å². The minimum absolute atomic E-state index is 0.220. The summed E-state index contributed by atoms with van der Waals surface area (Å²) in [5.41, 5.74) is 6.01. The summed E-state index contributed by atoms with van der Waals surface area (Å²) >= 11 is 0. The number of rotatable bonds is 4. The van der Waals surface area contributed by atoms with Gasteiger partial charge in [-0.25, -0.2) is 5.43 Å². The maximum atomic E-state index is 12.2. The third-order valence-corrected chi connectivity index (χ3v) is 4.59. The molecule has 0 atom stereocenters. The summed E-state index contributed by atoms with van der Waals surface area (Å²) in [6.07, 6.45) is 4.17. The Balaban J connectivity index is 2.28. The number of carbonyl (C=O) groups is 1. The Hall–Kier alpha value is -2.69. The molecule has 0 fully saturated rings. The fourth-order valence-corrected chi connectivity index (χ4v) is 2.87. The summed E-state index contributed by atoms with van der Waals surface area (Å²) in [5.74, 6) is -0.0360. The molecule has 1 heterocycles. The molecule has 1 amide bonds. The van der Waals surface area contributed by atoms with E-state index in [4.69, 9.17) is 0 Å². The molecule has 150 valence electrons. The van der Waals surface area contributed by atoms with Crippen molar-refractivity contribution in [1.29, 1.82) is 0 Å². The Kier molecular flexibility index (Phi) is 6.27. The van der Waals surface area contributed by atoms with Gasteiger partial charge < -0.3 is 5.11 Å². The van der Waals surface area contributed by atoms with Crippen LogP contribution in [0.2, 0.25) is 0 Å². The zero-order valence-electron chi connectivity index (χ0n) is 17.9. The summed E-state index contributed by atoms with van der Waals surface area (Å²) in [4.78, 5) is 16.4. The fourth-order valence-electron chi connectivity index (χ4n) is 2.87. The van der Waals surface area contributed by atoms with Crippen LogP contribution in [0.5, 0.6) is 5.75 Å². The molecule has 0 unspecified atom stereocenters. The van der Waals surface area contributed by atoms with Crippen molar-refractivity contribution in [3.05, 3.63) is 58.4 Å². The molecular formula is C23H31N3O2. The van der Waals surface area contributed by atoms with Crippen LogP contribution in [0.1, 0.15) is 81.2 Å². The predicted molar refractivity (Wildman–Crippen MR) is 114 cm³/mol. The number of phenols is 1. The van der Waals surface area contributed by atoms with Crippen molar-refractivity contribution in [3.8, 4) is 5.75 Å². The van der Waals surface area contributed by atoms with E-state index in [2.05, 4.69) is 57.1 Å². The van der Waals surface area contributed by atoms with Crippen molar-refractivity contribution in [2.45, 2.75) is 65.7 Å². The molecule has 2 N–H and O–H groups in total. The van der Waals surface area contributed by atoms with Crippen LogP contribution in [0, 0.1) is 0 Å². The number of pyridine rings is 1. The molecule has 1 aromatic carbocycles. The van der Waals surface area contributed by atoms with Crippen LogP contribution in [0.4, 0.5) is 0 Å². The molecule has 0 aliphatic heterocycles. The number of aryl methyl sites for hydroxylation is 1. The number of benzene rings is 1. The number of nitrogens with one attached hydrogen (secondary N) is 1. The summed E-state index contributed by atoms with van der Waals surface area (Å²) in [5, 5.41) is 14.9. The number of hydrazone groups is 1. The molecule has 0 bridgehead atoms. The van der Waals surface area contributed by atoms with Gasteiger partial charge in [-0.15, -0.1) is 0 Å². The van der Waals surface area contributed by atoms with E-state index >= 15 is 0 Å². The second-order valence-electron chi connectivity index (χ2n) is 9.07. The number of hydrogen-bond donors (Lipinski definition) is 2. The maximum absolute atomic E-state index is 12.2. The third-order valence-electron chi connectivity index (χ3n) is 4.59. The van der Waals surface area contributed by atoms with E-state index in [-0.39, 0.29) is 16.7 Å². The Morgan fingerprint density at radius 3 is 2.11 bits per heavy atom. The number of aromatic hydroxyl groups is 1. The highest BCUT2D eigenvalue weighted by atomic mass is 16.3. The minimum Gasteiger partial charge on any atom is -0.507 e. The lowest BCUT2D eigenvalue weighted by atomic mass is 9.78. The van der Waals surface area contributed by atoms with Crippen LogP contribution in [-0.4, -0.2) is 22.2 Å². The molecule has 0 radical (unpaired) electrons. The molecule has 2 aromatic rings. The second kappa shape index (κ2) is 8.13. The predicted octanol–water partition coefficient (Wildman–Crippen LogP) is 4.71. The van der Waals surface area contributed by atoms with Crippen molar-refractivity contribution in [2.24, 2.45) is 5.10 Å². The van der Waals surface area contributed by atoms with E-state index in [1.54, 1.807) is 18.5 Å². The Morgan fingerprint density at radius 2 is 1.68 bits per heavy atom. The molecule has 5 nitrogen and oxygen atoms in total. The largest absolute Gasteiger partial charge is 0.507 e. The van der Waals surface area contributed by atoms with Crippen molar-refractivity contribution in [3.63, 3.8) is 0 Å². The standard InChI is InChI=1S/C23H31N3O2/c1-8-15-9-10-19(24-13-15)21(28)26-25-14-16-11-17(22(2,3)4)20(27)18(12-16)23(5,6)7/h9-14,27H,8H2,1-7H3,(H,26,28)/b25-14+. The fraction of sp³-hybridized carbons (Fsp3) is 0.435. The lowest BCUT2D eigenvalue weighted by Crippen LogP contribution is -2.20. The van der Waals surface area contributed by atoms with E-state index in [1.807, 2.05) is 25.1 Å². The highest BCUT2D eigenvalue weighted by molar-refractivity contribution is 5.93. The monoisotopic (exact) mass is 381 g/mol. The lowest BCUT2D eigenvalue weighted by molar-refractivity contribution is 0.0950. The summed E-state index contributed by atoms with van der Waals surface area (Å²) in [6, 6.07) is 7.40. The molecule has 0 saturated carbocycles. The smallest absolute Gasteiger partial charge is 0.289 e. The van der Waals surface area contributed by atoms with Gasteiger partial charge in [0.1, 0.15) is 11.4 Å². The molecule has 0 spiro atoms. The van der Waals surface area contributed by atoms with Crippen molar-refractivity contribution >= 4 is 12.1 Å². The first-order valence-electron chi connectivity index (χ1n) is 9.59. The average Bonchev–Trinajstić information content (AvgIpc) is 2.60. The normalized spacial score (nSPS) is 12.4. The number of amides is 1. The molecule has 0 saturated heterocycles. The van der Waals surface area contributed by atoms with Crippen LogP contribution in [0.25, 0.3) is 0 Å². The van der Waals surface area contributed by atoms with Gasteiger partial charge in [0, 0.05) is 17.3 Å². The summed E-state index contributed by atoms with van der Waals surface area (Å²) in [6.45, 7) is 14.4. The van der Waals surface area contributed by atoms with Gasteiger partial charge in [-0.1, -0.05) is 54.5 Å². The topological polar surface area (TPSA) is 74.6 Å². The van der Waals surface area contributed by atoms with E-state index in [1.165, 1.54) is 0 Å². The first-order chi connectivity index (χ1) is 12.9. The van der Waals surface area contributed by atoms with E-state index in [0.29, 0.717) is 11.4 Å². The highest BCUT2D eigenvalue weighted by Gasteiger charge is 2.26. The zero-order chi connectivity index (χ0) is 21.1. The van der Waals surface area contributed by atoms with Gasteiger partial charge >= 0.3 is 0 Å². The quantitative estimate of drug-likeness (QED) is 0.595. The number of nitrogens with zero attached hydrogens (tertiary/aromatic N) is 2. The molecule has 5 heteroatoms. The zero-order valence-corrected chi connectivity index (χ0v) is 17.9. The van der Waals surface area contributed by atoms with Crippen molar-refractivity contribution in [1.82, 2.24) is 10.4 Å². The second-order valence-corrected chi connectivity index (χ2v) is 9.07. The van der Waals surface area contributed by atoms with Gasteiger partial charge in [-0.2, -0.15) is 5.10 Å². The number of phenolic OH excluding ortho intramolecular Hbond substituents is 1. The molecule has 0 aliphatic rings. The summed E-state index contributed by atoms with van der Waals surface area (Å²) < 4.78 is 0. The van der Waals surface area contributed by atoms with Gasteiger partial charge in [0.25, 0.3) is 5.91 Å². The minimum atomic E-state index is -0.357. The van der Waals surface area contributed by atoms with Gasteiger partial charge in [-0.05, 0) is 46.6 Å². The van der Waals surface area contributed by atoms with Crippen molar-refractivity contribution < 1.29 is 9.90 Å². The molecule has 0 aliphatic carbocycles. The van der Waals surface area contributed by atoms with Gasteiger partial charge in [0.15, 0.2) is 0 Å². The molecular weight excluding hydrogens is 350 g/mol. The van der Waals surface area contributed by atoms with Crippen molar-refractivity contribution in [2.75, 3.05) is 0 Å². The van der Waals surface area contributed by atoms with E-state index in [9.17, 15) is 9.90 Å². The molecule has 2 rings (SSSR count). The highest BCUT2D eigenvalue weighted by Crippen LogP contribution is 2.39. The average molecular weight is 382 g/mol. The van der Waals surface area contributed by atoms with Crippen LogP contribution in [0.3, 0.4) is 0 Å². The van der Waals surface area contributed by atoms with E-state index < -0.39 is 0 Å². The molecule has 28 heavy (non-hydrogen) atoms. The third kappa shape index (κ3) is 5.18. The van der Waals surface area contributed by atoms with Gasteiger partial charge in [0.2, 0.25) is 0 Å². The summed E-state index contributed by atoms with van der Waals surface area (Å²) in [7, 11) is 0. The SMILES string of the molecule is CCc1ccc(C(=O)N/N=C/c2cc(C(C)(C)C)c(O)c(C(C)(C)C)c2)nc1. The molecule has 1 aromatic heterocycles. The number of aromatic nitrogens is 1. The van der Waals surface area contributed by atoms with E-state index in [0.717, 1.165) is 28.7 Å². The van der Waals surface area contributed by atoms with Crippen LogP contribution >= 0.6 is 0 Å². The van der Waals surface area contributed by atoms with Gasteiger partial charge in [0.05, 0.1) is 6.21 Å². The number of hydrogen-bond acceptors (Lipinski definition) is 4. The maximum Gasteiger partial charge on any atom is 0.289 e.